The first-order valence-electron chi connectivity index (χ1n) is 5.03. The third-order valence-corrected chi connectivity index (χ3v) is 2.78. The SMILES string of the molecule is Cn1c(CCCN)nc2cc(Cl)ccc21. The first kappa shape index (κ1) is 10.5. The monoisotopic (exact) mass is 223 g/mol. The molecule has 0 saturated heterocycles. The topological polar surface area (TPSA) is 43.8 Å². The van der Waals surface area contributed by atoms with Crippen LogP contribution in [0.3, 0.4) is 0 Å². The molecule has 0 atom stereocenters. The smallest absolute Gasteiger partial charge is 0.109 e. The third-order valence-electron chi connectivity index (χ3n) is 2.54. The van der Waals surface area contributed by atoms with Crippen molar-refractivity contribution in [1.29, 1.82) is 0 Å². The minimum absolute atomic E-state index is 0.698. The molecule has 0 bridgehead atoms. The number of nitrogens with two attached hydrogens (primary N) is 1. The van der Waals surface area contributed by atoms with E-state index in [4.69, 9.17) is 17.3 Å². The molecule has 1 heterocycles. The highest BCUT2D eigenvalue weighted by atomic mass is 35.5. The zero-order valence-corrected chi connectivity index (χ0v) is 9.46. The maximum absolute atomic E-state index is 5.92. The van der Waals surface area contributed by atoms with E-state index in [0.717, 1.165) is 34.7 Å². The Morgan fingerprint density at radius 1 is 1.47 bits per heavy atom. The van der Waals surface area contributed by atoms with Gasteiger partial charge in [0.2, 0.25) is 0 Å². The molecule has 1 aromatic carbocycles. The lowest BCUT2D eigenvalue weighted by molar-refractivity contribution is 0.741. The van der Waals surface area contributed by atoms with Crippen LogP contribution in [0.4, 0.5) is 0 Å². The number of aryl methyl sites for hydroxylation is 2. The van der Waals surface area contributed by atoms with Crippen LogP contribution in [0, 0.1) is 0 Å². The van der Waals surface area contributed by atoms with E-state index < -0.39 is 0 Å². The summed E-state index contributed by atoms with van der Waals surface area (Å²) in [6, 6.07) is 5.78. The lowest BCUT2D eigenvalue weighted by Gasteiger charge is -2.00. The summed E-state index contributed by atoms with van der Waals surface area (Å²) in [5, 5.41) is 0.728. The molecule has 0 spiro atoms. The molecular weight excluding hydrogens is 210 g/mol. The Morgan fingerprint density at radius 2 is 2.27 bits per heavy atom. The van der Waals surface area contributed by atoms with Gasteiger partial charge < -0.3 is 10.3 Å². The fraction of sp³-hybridized carbons (Fsp3) is 0.364. The van der Waals surface area contributed by atoms with Crippen LogP contribution in [0.2, 0.25) is 5.02 Å². The van der Waals surface area contributed by atoms with E-state index in [-0.39, 0.29) is 0 Å². The fourth-order valence-corrected chi connectivity index (χ4v) is 1.87. The first-order chi connectivity index (χ1) is 7.22. The molecule has 15 heavy (non-hydrogen) atoms. The molecule has 0 amide bonds. The second kappa shape index (κ2) is 4.21. The van der Waals surface area contributed by atoms with Crippen molar-refractivity contribution in [2.45, 2.75) is 12.8 Å². The predicted octanol–water partition coefficient (Wildman–Crippen LogP) is 2.12. The van der Waals surface area contributed by atoms with Crippen molar-refractivity contribution in [3.8, 4) is 0 Å². The molecule has 4 heteroatoms. The van der Waals surface area contributed by atoms with E-state index in [1.807, 2.05) is 25.2 Å². The number of hydrogen-bond donors (Lipinski definition) is 1. The van der Waals surface area contributed by atoms with Crippen molar-refractivity contribution in [2.75, 3.05) is 6.54 Å². The number of nitrogens with zero attached hydrogens (tertiary/aromatic N) is 2. The Hall–Kier alpha value is -1.06. The number of hydrogen-bond acceptors (Lipinski definition) is 2. The maximum Gasteiger partial charge on any atom is 0.109 e. The highest BCUT2D eigenvalue weighted by Gasteiger charge is 2.06. The van der Waals surface area contributed by atoms with Crippen LogP contribution in [0.25, 0.3) is 11.0 Å². The summed E-state index contributed by atoms with van der Waals surface area (Å²) >= 11 is 5.92. The summed E-state index contributed by atoms with van der Waals surface area (Å²) in [6.07, 6.45) is 1.88. The average molecular weight is 224 g/mol. The number of halogens is 1. The molecule has 3 nitrogen and oxygen atoms in total. The molecular formula is C11H14ClN3. The first-order valence-corrected chi connectivity index (χ1v) is 5.41. The molecule has 2 N–H and O–H groups in total. The van der Waals surface area contributed by atoms with Crippen LogP contribution >= 0.6 is 11.6 Å². The minimum atomic E-state index is 0.698. The van der Waals surface area contributed by atoms with Gasteiger partial charge in [-0.1, -0.05) is 11.6 Å². The van der Waals surface area contributed by atoms with E-state index in [9.17, 15) is 0 Å². The maximum atomic E-state index is 5.92. The Balaban J connectivity index is 2.44. The normalized spacial score (nSPS) is 11.1. The van der Waals surface area contributed by atoms with Gasteiger partial charge >= 0.3 is 0 Å². The van der Waals surface area contributed by atoms with E-state index in [1.54, 1.807) is 0 Å². The zero-order valence-electron chi connectivity index (χ0n) is 8.70. The van der Waals surface area contributed by atoms with Crippen LogP contribution in [0.1, 0.15) is 12.2 Å². The number of imidazole rings is 1. The van der Waals surface area contributed by atoms with Gasteiger partial charge in [-0.15, -0.1) is 0 Å². The lowest BCUT2D eigenvalue weighted by atomic mass is 10.3. The number of rotatable bonds is 3. The Morgan fingerprint density at radius 3 is 3.00 bits per heavy atom. The second-order valence-corrected chi connectivity index (χ2v) is 4.05. The van der Waals surface area contributed by atoms with Crippen molar-refractivity contribution in [1.82, 2.24) is 9.55 Å². The van der Waals surface area contributed by atoms with Crippen LogP contribution < -0.4 is 5.73 Å². The van der Waals surface area contributed by atoms with Gasteiger partial charge in [0, 0.05) is 18.5 Å². The summed E-state index contributed by atoms with van der Waals surface area (Å²) < 4.78 is 2.10. The van der Waals surface area contributed by atoms with E-state index in [1.165, 1.54) is 0 Å². The van der Waals surface area contributed by atoms with Gasteiger partial charge in [0.15, 0.2) is 0 Å². The standard InChI is InChI=1S/C11H14ClN3/c1-15-10-5-4-8(12)7-9(10)14-11(15)3-2-6-13/h4-5,7H,2-3,6,13H2,1H3. The summed E-state index contributed by atoms with van der Waals surface area (Å²) in [6.45, 7) is 0.698. The molecule has 80 valence electrons. The summed E-state index contributed by atoms with van der Waals surface area (Å²) in [4.78, 5) is 4.53. The van der Waals surface area contributed by atoms with Crippen LogP contribution in [0.5, 0.6) is 0 Å². The molecule has 0 aliphatic rings. The van der Waals surface area contributed by atoms with Gasteiger partial charge in [-0.2, -0.15) is 0 Å². The molecule has 0 aliphatic carbocycles. The predicted molar refractivity (Wildman–Crippen MR) is 63.1 cm³/mol. The van der Waals surface area contributed by atoms with Gasteiger partial charge in [-0.05, 0) is 31.2 Å². The van der Waals surface area contributed by atoms with Gasteiger partial charge in [0.1, 0.15) is 5.82 Å². The van der Waals surface area contributed by atoms with Crippen LogP contribution in [0.15, 0.2) is 18.2 Å². The minimum Gasteiger partial charge on any atom is -0.331 e. The summed E-state index contributed by atoms with van der Waals surface area (Å²) in [5.41, 5.74) is 7.56. The summed E-state index contributed by atoms with van der Waals surface area (Å²) in [5.74, 6) is 1.07. The van der Waals surface area contributed by atoms with Gasteiger partial charge in [0.05, 0.1) is 11.0 Å². The zero-order chi connectivity index (χ0) is 10.8. The second-order valence-electron chi connectivity index (χ2n) is 3.61. The lowest BCUT2D eigenvalue weighted by Crippen LogP contribution is -2.04. The Kier molecular flexibility index (Phi) is 2.93. The third kappa shape index (κ3) is 1.98. The van der Waals surface area contributed by atoms with Gasteiger partial charge in [-0.3, -0.25) is 0 Å². The summed E-state index contributed by atoms with van der Waals surface area (Å²) in [7, 11) is 2.02. The average Bonchev–Trinajstić information content (AvgIpc) is 2.52. The Labute approximate surface area is 93.9 Å². The van der Waals surface area contributed by atoms with Crippen molar-refractivity contribution in [3.05, 3.63) is 29.0 Å². The molecule has 0 radical (unpaired) electrons. The highest BCUT2D eigenvalue weighted by molar-refractivity contribution is 6.31. The molecule has 0 fully saturated rings. The molecule has 0 saturated carbocycles. The van der Waals surface area contributed by atoms with E-state index in [2.05, 4.69) is 9.55 Å². The molecule has 0 aliphatic heterocycles. The quantitative estimate of drug-likeness (QED) is 0.866. The van der Waals surface area contributed by atoms with Crippen LogP contribution in [-0.4, -0.2) is 16.1 Å². The number of benzene rings is 1. The fourth-order valence-electron chi connectivity index (χ4n) is 1.71. The molecule has 0 unspecified atom stereocenters. The van der Waals surface area contributed by atoms with E-state index >= 15 is 0 Å². The van der Waals surface area contributed by atoms with Crippen molar-refractivity contribution in [3.63, 3.8) is 0 Å². The number of aromatic nitrogens is 2. The Bertz CT molecular complexity index is 476. The van der Waals surface area contributed by atoms with Crippen molar-refractivity contribution >= 4 is 22.6 Å². The van der Waals surface area contributed by atoms with Gasteiger partial charge in [-0.25, -0.2) is 4.98 Å². The largest absolute Gasteiger partial charge is 0.331 e. The molecule has 2 aromatic rings. The van der Waals surface area contributed by atoms with Crippen molar-refractivity contribution in [2.24, 2.45) is 12.8 Å². The van der Waals surface area contributed by atoms with Crippen LogP contribution in [-0.2, 0) is 13.5 Å². The van der Waals surface area contributed by atoms with Gasteiger partial charge in [0.25, 0.3) is 0 Å². The number of fused-ring (bicyclic) bond motifs is 1. The molecule has 1 aromatic heterocycles. The molecule has 2 rings (SSSR count). The highest BCUT2D eigenvalue weighted by Crippen LogP contribution is 2.19. The van der Waals surface area contributed by atoms with Crippen molar-refractivity contribution < 1.29 is 0 Å². The van der Waals surface area contributed by atoms with E-state index in [0.29, 0.717) is 6.54 Å².